The van der Waals surface area contributed by atoms with Crippen LogP contribution in [0.1, 0.15) is 47.2 Å². The van der Waals surface area contributed by atoms with E-state index in [1.165, 1.54) is 23.1 Å². The number of phenolic OH excluding ortho intramolecular Hbond substituents is 1. The van der Waals surface area contributed by atoms with Crippen LogP contribution in [0.2, 0.25) is 0 Å². The van der Waals surface area contributed by atoms with Crippen molar-refractivity contribution in [3.63, 3.8) is 0 Å². The van der Waals surface area contributed by atoms with Gasteiger partial charge in [0.2, 0.25) is 23.6 Å². The number of nitrogens with zero attached hydrogens (tertiary/aromatic N) is 2. The van der Waals surface area contributed by atoms with Gasteiger partial charge in [0.1, 0.15) is 5.75 Å². The first kappa shape index (κ1) is 27.8. The number of rotatable bonds is 4. The lowest BCUT2D eigenvalue weighted by molar-refractivity contribution is -0.131. The zero-order valence-electron chi connectivity index (χ0n) is 24.1. The standard InChI is InChI=1S/C35H30N2O7/c1-18-15-19(11-14-27(18)38)29-23-12-13-24-28(32(41)36(30(24)39)22-10-6-7-20(16-22)33(42)43)25(23)17-26-31(40)37(34(44)35(26,29)2)21-8-4-3-5-9-21/h3-12,14-16,24-26,28-29,38H,13,17H2,1-2H3,(H,42,43)/t24-,25+,26-,28-,29-,35+/m0/s1. The molecule has 0 spiro atoms. The van der Waals surface area contributed by atoms with E-state index in [-0.39, 0.29) is 41.7 Å². The molecule has 3 fully saturated rings. The van der Waals surface area contributed by atoms with Crippen LogP contribution in [-0.4, -0.2) is 39.8 Å². The van der Waals surface area contributed by atoms with Gasteiger partial charge in [-0.25, -0.2) is 9.69 Å². The van der Waals surface area contributed by atoms with Crippen molar-refractivity contribution in [1.82, 2.24) is 0 Å². The summed E-state index contributed by atoms with van der Waals surface area (Å²) in [6.45, 7) is 3.59. The number of amides is 4. The zero-order chi connectivity index (χ0) is 31.1. The Hall–Kier alpha value is -5.05. The molecule has 2 N–H and O–H groups in total. The summed E-state index contributed by atoms with van der Waals surface area (Å²) < 4.78 is 0. The average Bonchev–Trinajstić information content (AvgIpc) is 3.38. The number of para-hydroxylation sites is 1. The van der Waals surface area contributed by atoms with Gasteiger partial charge in [-0.3, -0.25) is 24.1 Å². The van der Waals surface area contributed by atoms with Crippen LogP contribution in [0.4, 0.5) is 11.4 Å². The van der Waals surface area contributed by atoms with Gasteiger partial charge in [-0.2, -0.15) is 0 Å². The molecule has 1 saturated carbocycles. The number of benzene rings is 3. The molecule has 0 unspecified atom stereocenters. The van der Waals surface area contributed by atoms with E-state index in [0.29, 0.717) is 11.3 Å². The molecule has 9 nitrogen and oxygen atoms in total. The number of carboxylic acids is 1. The van der Waals surface area contributed by atoms with Crippen molar-refractivity contribution >= 4 is 41.0 Å². The minimum Gasteiger partial charge on any atom is -0.508 e. The number of fused-ring (bicyclic) bond motifs is 4. The number of hydrogen-bond donors (Lipinski definition) is 2. The zero-order valence-corrected chi connectivity index (χ0v) is 24.1. The van der Waals surface area contributed by atoms with E-state index < -0.39 is 52.8 Å². The summed E-state index contributed by atoms with van der Waals surface area (Å²) in [5, 5.41) is 19.8. The number of allylic oxidation sites excluding steroid dienone is 2. The molecule has 222 valence electrons. The minimum absolute atomic E-state index is 0.0379. The van der Waals surface area contributed by atoms with Crippen LogP contribution in [0.25, 0.3) is 0 Å². The second-order valence-corrected chi connectivity index (χ2v) is 12.4. The lowest BCUT2D eigenvalue weighted by Gasteiger charge is -2.49. The largest absolute Gasteiger partial charge is 0.508 e. The van der Waals surface area contributed by atoms with Crippen molar-refractivity contribution < 1.29 is 34.2 Å². The molecular formula is C35H30N2O7. The van der Waals surface area contributed by atoms with E-state index in [1.807, 2.05) is 25.1 Å². The molecule has 0 bridgehead atoms. The Morgan fingerprint density at radius 2 is 1.57 bits per heavy atom. The number of carboxylic acid groups (broad SMARTS) is 1. The van der Waals surface area contributed by atoms with Crippen LogP contribution in [-0.2, 0) is 19.2 Å². The normalized spacial score (nSPS) is 29.3. The molecule has 4 amide bonds. The van der Waals surface area contributed by atoms with Crippen LogP contribution in [0.5, 0.6) is 5.75 Å². The molecule has 4 aliphatic rings. The van der Waals surface area contributed by atoms with Gasteiger partial charge >= 0.3 is 5.97 Å². The molecule has 3 aromatic rings. The maximum atomic E-state index is 14.4. The molecule has 44 heavy (non-hydrogen) atoms. The second-order valence-electron chi connectivity index (χ2n) is 12.4. The van der Waals surface area contributed by atoms with Crippen LogP contribution in [0, 0.1) is 36.0 Å². The molecule has 0 aromatic heterocycles. The highest BCUT2D eigenvalue weighted by molar-refractivity contribution is 6.25. The fourth-order valence-corrected chi connectivity index (χ4v) is 8.11. The van der Waals surface area contributed by atoms with Gasteiger partial charge in [0.25, 0.3) is 0 Å². The van der Waals surface area contributed by atoms with Gasteiger partial charge in [-0.1, -0.05) is 48.0 Å². The highest BCUT2D eigenvalue weighted by Crippen LogP contribution is 2.63. The summed E-state index contributed by atoms with van der Waals surface area (Å²) in [5.74, 6) is -5.83. The van der Waals surface area contributed by atoms with E-state index in [9.17, 15) is 34.2 Å². The molecule has 2 aliphatic heterocycles. The summed E-state index contributed by atoms with van der Waals surface area (Å²) in [4.78, 5) is 70.5. The number of aromatic hydroxyl groups is 1. The maximum Gasteiger partial charge on any atom is 0.335 e. The molecule has 9 heteroatoms. The van der Waals surface area contributed by atoms with Crippen LogP contribution >= 0.6 is 0 Å². The van der Waals surface area contributed by atoms with E-state index >= 15 is 0 Å². The van der Waals surface area contributed by atoms with Crippen molar-refractivity contribution in [2.75, 3.05) is 9.80 Å². The predicted octanol–water partition coefficient (Wildman–Crippen LogP) is 4.83. The summed E-state index contributed by atoms with van der Waals surface area (Å²) >= 11 is 0. The fourth-order valence-electron chi connectivity index (χ4n) is 8.11. The lowest BCUT2D eigenvalue weighted by atomic mass is 9.51. The molecular weight excluding hydrogens is 560 g/mol. The molecule has 3 aromatic carbocycles. The number of phenols is 1. The highest BCUT2D eigenvalue weighted by Gasteiger charge is 2.67. The fraction of sp³-hybridized carbons (Fsp3) is 0.286. The monoisotopic (exact) mass is 590 g/mol. The van der Waals surface area contributed by atoms with Gasteiger partial charge in [0.15, 0.2) is 0 Å². The number of carbonyl (C=O) groups excluding carboxylic acids is 4. The Morgan fingerprint density at radius 3 is 2.27 bits per heavy atom. The minimum atomic E-state index is -1.17. The summed E-state index contributed by atoms with van der Waals surface area (Å²) in [7, 11) is 0. The van der Waals surface area contributed by atoms with E-state index in [0.717, 1.165) is 16.0 Å². The third-order valence-electron chi connectivity index (χ3n) is 10.2. The topological polar surface area (TPSA) is 132 Å². The Kier molecular flexibility index (Phi) is 6.14. The van der Waals surface area contributed by atoms with Gasteiger partial charge in [-0.05, 0) is 80.1 Å². The number of aryl methyl sites for hydroxylation is 1. The van der Waals surface area contributed by atoms with E-state index in [2.05, 4.69) is 0 Å². The van der Waals surface area contributed by atoms with E-state index in [1.54, 1.807) is 49.4 Å². The van der Waals surface area contributed by atoms with Crippen molar-refractivity contribution in [2.45, 2.75) is 32.6 Å². The van der Waals surface area contributed by atoms with Gasteiger partial charge in [-0.15, -0.1) is 0 Å². The molecule has 2 saturated heterocycles. The second kappa shape index (κ2) is 9.74. The highest BCUT2D eigenvalue weighted by atomic mass is 16.4. The molecule has 0 radical (unpaired) electrons. The van der Waals surface area contributed by atoms with Gasteiger partial charge in [0, 0.05) is 5.92 Å². The van der Waals surface area contributed by atoms with Crippen molar-refractivity contribution in [3.8, 4) is 5.75 Å². The Balaban J connectivity index is 1.36. The predicted molar refractivity (Wildman–Crippen MR) is 160 cm³/mol. The third-order valence-corrected chi connectivity index (χ3v) is 10.2. The number of anilines is 2. The molecule has 2 heterocycles. The van der Waals surface area contributed by atoms with E-state index in [4.69, 9.17) is 0 Å². The number of imide groups is 2. The molecule has 2 aliphatic carbocycles. The number of carbonyl (C=O) groups is 5. The smallest absolute Gasteiger partial charge is 0.335 e. The summed E-state index contributed by atoms with van der Waals surface area (Å²) in [5.41, 5.74) is 1.67. The number of aromatic carboxylic acids is 1. The first-order valence-corrected chi connectivity index (χ1v) is 14.7. The Bertz CT molecular complexity index is 1810. The maximum absolute atomic E-state index is 14.4. The first-order chi connectivity index (χ1) is 21.0. The van der Waals surface area contributed by atoms with Crippen molar-refractivity contribution in [2.24, 2.45) is 29.1 Å². The van der Waals surface area contributed by atoms with Crippen LogP contribution in [0.3, 0.4) is 0 Å². The van der Waals surface area contributed by atoms with Crippen molar-refractivity contribution in [1.29, 1.82) is 0 Å². The van der Waals surface area contributed by atoms with Gasteiger partial charge in [0.05, 0.1) is 40.1 Å². The Morgan fingerprint density at radius 1 is 0.841 bits per heavy atom. The molecule has 7 rings (SSSR count). The van der Waals surface area contributed by atoms with Crippen molar-refractivity contribution in [3.05, 3.63) is 101 Å². The summed E-state index contributed by atoms with van der Waals surface area (Å²) in [6, 6.07) is 19.7. The average molecular weight is 591 g/mol. The van der Waals surface area contributed by atoms with Crippen LogP contribution < -0.4 is 9.80 Å². The lowest BCUT2D eigenvalue weighted by Crippen LogP contribution is -2.48. The van der Waals surface area contributed by atoms with Gasteiger partial charge < -0.3 is 10.2 Å². The third kappa shape index (κ3) is 3.74. The first-order valence-electron chi connectivity index (χ1n) is 14.7. The van der Waals surface area contributed by atoms with Crippen LogP contribution in [0.15, 0.2) is 84.4 Å². The Labute approximate surface area is 253 Å². The summed E-state index contributed by atoms with van der Waals surface area (Å²) in [6.07, 6.45) is 2.45. The SMILES string of the molecule is Cc1cc([C@H]2C3=CC[C@@H]4C(=O)N(c5cccc(C(=O)O)c5)C(=O)[C@@H]4[C@@H]3C[C@H]3C(=O)N(c4ccccc4)C(=O)[C@@]23C)ccc1O. The molecule has 6 atom stereocenters. The number of hydrogen-bond acceptors (Lipinski definition) is 6. The quantitative estimate of drug-likeness (QED) is 0.328.